The summed E-state index contributed by atoms with van der Waals surface area (Å²) < 4.78 is 26.5. The number of halogens is 2. The number of benzene rings is 2. The minimum atomic E-state index is -0.583. The number of nitrogens with zero attached hydrogens (tertiary/aromatic N) is 1. The minimum absolute atomic E-state index is 0.288. The first kappa shape index (κ1) is 12.9. The Bertz CT molecular complexity index is 640. The van der Waals surface area contributed by atoms with Crippen molar-refractivity contribution in [3.63, 3.8) is 0 Å². The highest BCUT2D eigenvalue weighted by molar-refractivity contribution is 5.67. The Morgan fingerprint density at radius 3 is 2.75 bits per heavy atom. The average molecular weight is 274 g/mol. The third-order valence-electron chi connectivity index (χ3n) is 3.64. The van der Waals surface area contributed by atoms with Crippen LogP contribution < -0.4 is 10.2 Å². The molecular weight excluding hydrogens is 258 g/mol. The van der Waals surface area contributed by atoms with E-state index in [1.807, 2.05) is 18.2 Å². The minimum Gasteiger partial charge on any atom is -0.374 e. The third-order valence-corrected chi connectivity index (χ3v) is 3.64. The zero-order valence-corrected chi connectivity index (χ0v) is 11.3. The Morgan fingerprint density at radius 2 is 1.95 bits per heavy atom. The lowest BCUT2D eigenvalue weighted by Crippen LogP contribution is -2.24. The van der Waals surface area contributed by atoms with Crippen LogP contribution in [0.2, 0.25) is 0 Å². The largest absolute Gasteiger partial charge is 0.374 e. The lowest BCUT2D eigenvalue weighted by atomic mass is 10.0. The maximum Gasteiger partial charge on any atom is 0.149 e. The topological polar surface area (TPSA) is 15.3 Å². The van der Waals surface area contributed by atoms with Crippen molar-refractivity contribution >= 4 is 17.1 Å². The second-order valence-electron chi connectivity index (χ2n) is 5.12. The monoisotopic (exact) mass is 274 g/mol. The van der Waals surface area contributed by atoms with Crippen molar-refractivity contribution < 1.29 is 8.78 Å². The Kier molecular flexibility index (Phi) is 3.30. The first-order chi connectivity index (χ1) is 9.63. The van der Waals surface area contributed by atoms with Gasteiger partial charge in [0.15, 0.2) is 0 Å². The zero-order chi connectivity index (χ0) is 14.1. The lowest BCUT2D eigenvalue weighted by Gasteiger charge is -2.28. The van der Waals surface area contributed by atoms with E-state index >= 15 is 0 Å². The highest BCUT2D eigenvalue weighted by Crippen LogP contribution is 2.30. The van der Waals surface area contributed by atoms with Gasteiger partial charge in [-0.2, -0.15) is 0 Å². The summed E-state index contributed by atoms with van der Waals surface area (Å²) in [5.74, 6) is -1.15. The molecule has 2 nitrogen and oxygen atoms in total. The van der Waals surface area contributed by atoms with E-state index < -0.39 is 11.6 Å². The molecule has 0 atom stereocenters. The van der Waals surface area contributed by atoms with E-state index in [9.17, 15) is 8.78 Å². The number of anilines is 3. The van der Waals surface area contributed by atoms with Crippen LogP contribution in [-0.4, -0.2) is 13.6 Å². The van der Waals surface area contributed by atoms with Crippen LogP contribution in [-0.2, 0) is 6.42 Å². The molecule has 1 N–H and O–H groups in total. The first-order valence-corrected chi connectivity index (χ1v) is 6.69. The molecular formula is C16H16F2N2. The number of fused-ring (bicyclic) bond motifs is 1. The van der Waals surface area contributed by atoms with E-state index in [1.165, 1.54) is 23.4 Å². The van der Waals surface area contributed by atoms with E-state index in [0.29, 0.717) is 0 Å². The number of hydrogen-bond donors (Lipinski definition) is 1. The van der Waals surface area contributed by atoms with Gasteiger partial charge < -0.3 is 10.2 Å². The van der Waals surface area contributed by atoms with Crippen molar-refractivity contribution in [1.82, 2.24) is 0 Å². The molecule has 1 heterocycles. The lowest BCUT2D eigenvalue weighted by molar-refractivity contribution is 0.586. The molecule has 1 aliphatic heterocycles. The van der Waals surface area contributed by atoms with Crippen molar-refractivity contribution in [3.05, 3.63) is 53.6 Å². The summed E-state index contributed by atoms with van der Waals surface area (Å²) in [4.78, 5) is 2.22. The van der Waals surface area contributed by atoms with Gasteiger partial charge in [0.25, 0.3) is 0 Å². The fraction of sp³-hybridized carbons (Fsp3) is 0.250. The molecule has 0 aromatic heterocycles. The van der Waals surface area contributed by atoms with E-state index in [4.69, 9.17) is 0 Å². The quantitative estimate of drug-likeness (QED) is 0.887. The first-order valence-electron chi connectivity index (χ1n) is 6.69. The van der Waals surface area contributed by atoms with Crippen LogP contribution in [0.4, 0.5) is 25.8 Å². The average Bonchev–Trinajstić information content (AvgIpc) is 2.42. The molecule has 1 aliphatic rings. The highest BCUT2D eigenvalue weighted by Gasteiger charge is 2.14. The number of nitrogens with one attached hydrogen (secondary N) is 1. The molecule has 20 heavy (non-hydrogen) atoms. The second-order valence-corrected chi connectivity index (χ2v) is 5.12. The van der Waals surface area contributed by atoms with Gasteiger partial charge in [-0.25, -0.2) is 8.78 Å². The number of rotatable bonds is 2. The molecule has 0 spiro atoms. The molecule has 104 valence electrons. The van der Waals surface area contributed by atoms with Crippen molar-refractivity contribution in [2.24, 2.45) is 0 Å². The standard InChI is InChI=1S/C16H16F2N2/c1-20-8-2-3-11-9-13(5-7-16(11)20)19-15-6-4-12(17)10-14(15)18/h4-7,9-10,19H,2-3,8H2,1H3. The maximum absolute atomic E-state index is 13.6. The molecule has 0 radical (unpaired) electrons. The van der Waals surface area contributed by atoms with Gasteiger partial charge in [0.2, 0.25) is 0 Å². The van der Waals surface area contributed by atoms with Crippen molar-refractivity contribution in [2.75, 3.05) is 23.8 Å². The van der Waals surface area contributed by atoms with Crippen molar-refractivity contribution in [3.8, 4) is 0 Å². The van der Waals surface area contributed by atoms with Crippen LogP contribution in [0.25, 0.3) is 0 Å². The van der Waals surface area contributed by atoms with E-state index in [1.54, 1.807) is 0 Å². The van der Waals surface area contributed by atoms with Gasteiger partial charge in [-0.15, -0.1) is 0 Å². The Hall–Kier alpha value is -2.10. The van der Waals surface area contributed by atoms with Gasteiger partial charge in [-0.1, -0.05) is 0 Å². The predicted molar refractivity (Wildman–Crippen MR) is 77.7 cm³/mol. The summed E-state index contributed by atoms with van der Waals surface area (Å²) in [5, 5.41) is 3.00. The molecule has 2 aromatic carbocycles. The van der Waals surface area contributed by atoms with Crippen LogP contribution in [0.3, 0.4) is 0 Å². The summed E-state index contributed by atoms with van der Waals surface area (Å²) in [6.45, 7) is 1.06. The summed E-state index contributed by atoms with van der Waals surface area (Å²) >= 11 is 0. The molecule has 4 heteroatoms. The van der Waals surface area contributed by atoms with Gasteiger partial charge in [0, 0.05) is 31.0 Å². The molecule has 3 rings (SSSR count). The summed E-state index contributed by atoms with van der Waals surface area (Å²) in [5.41, 5.74) is 3.59. The molecule has 0 amide bonds. The summed E-state index contributed by atoms with van der Waals surface area (Å²) in [6, 6.07) is 9.54. The zero-order valence-electron chi connectivity index (χ0n) is 11.3. The van der Waals surface area contributed by atoms with Gasteiger partial charge in [0.1, 0.15) is 11.6 Å². The number of aryl methyl sites for hydroxylation is 1. The molecule has 0 fully saturated rings. The molecule has 2 aromatic rings. The van der Waals surface area contributed by atoms with Gasteiger partial charge in [-0.3, -0.25) is 0 Å². The van der Waals surface area contributed by atoms with Crippen LogP contribution in [0.5, 0.6) is 0 Å². The van der Waals surface area contributed by atoms with Crippen LogP contribution >= 0.6 is 0 Å². The van der Waals surface area contributed by atoms with E-state index in [-0.39, 0.29) is 5.69 Å². The summed E-state index contributed by atoms with van der Waals surface area (Å²) in [6.07, 6.45) is 2.15. The SMILES string of the molecule is CN1CCCc2cc(Nc3ccc(F)cc3F)ccc21. The second kappa shape index (κ2) is 5.12. The predicted octanol–water partition coefficient (Wildman–Crippen LogP) is 4.09. The molecule has 0 saturated heterocycles. The Morgan fingerprint density at radius 1 is 1.10 bits per heavy atom. The normalized spacial score (nSPS) is 14.1. The molecule has 0 saturated carbocycles. The number of hydrogen-bond acceptors (Lipinski definition) is 2. The maximum atomic E-state index is 13.6. The molecule has 0 bridgehead atoms. The van der Waals surface area contributed by atoms with Crippen LogP contribution in [0, 0.1) is 11.6 Å². The smallest absolute Gasteiger partial charge is 0.149 e. The Balaban J connectivity index is 1.88. The van der Waals surface area contributed by atoms with E-state index in [0.717, 1.165) is 31.1 Å². The molecule has 0 unspecified atom stereocenters. The van der Waals surface area contributed by atoms with Crippen molar-refractivity contribution in [1.29, 1.82) is 0 Å². The van der Waals surface area contributed by atoms with Gasteiger partial charge in [-0.05, 0) is 48.7 Å². The van der Waals surface area contributed by atoms with Gasteiger partial charge in [0.05, 0.1) is 5.69 Å². The van der Waals surface area contributed by atoms with Crippen molar-refractivity contribution in [2.45, 2.75) is 12.8 Å². The third kappa shape index (κ3) is 2.46. The fourth-order valence-corrected chi connectivity index (χ4v) is 2.61. The van der Waals surface area contributed by atoms with Gasteiger partial charge >= 0.3 is 0 Å². The van der Waals surface area contributed by atoms with E-state index in [2.05, 4.69) is 17.3 Å². The Labute approximate surface area is 117 Å². The highest BCUT2D eigenvalue weighted by atomic mass is 19.1. The fourth-order valence-electron chi connectivity index (χ4n) is 2.61. The summed E-state index contributed by atoms with van der Waals surface area (Å²) in [7, 11) is 2.07. The van der Waals surface area contributed by atoms with Crippen LogP contribution in [0.15, 0.2) is 36.4 Å². The molecule has 0 aliphatic carbocycles. The van der Waals surface area contributed by atoms with Crippen LogP contribution in [0.1, 0.15) is 12.0 Å².